The Hall–Kier alpha value is -0.440. The number of allylic oxidation sites excluding steroid dienone is 1. The van der Waals surface area contributed by atoms with Gasteiger partial charge in [-0.25, -0.2) is 0 Å². The minimum absolute atomic E-state index is 0.109. The van der Waals surface area contributed by atoms with Crippen LogP contribution in [0.2, 0.25) is 0 Å². The molecule has 0 saturated heterocycles. The average molecular weight is 197 g/mol. The van der Waals surface area contributed by atoms with Crippen molar-refractivity contribution in [3.8, 4) is 0 Å². The van der Waals surface area contributed by atoms with Gasteiger partial charge in [0.1, 0.15) is 5.78 Å². The van der Waals surface area contributed by atoms with Crippen molar-refractivity contribution in [3.63, 3.8) is 0 Å². The first-order valence-corrected chi connectivity index (χ1v) is 5.53. The highest BCUT2D eigenvalue weighted by molar-refractivity contribution is 8.03. The summed E-state index contributed by atoms with van der Waals surface area (Å²) in [4.78, 5) is 11.7. The number of Topliss-reactive ketones (excluding diaryl/α,β-unsaturated/α-hetero) is 1. The maximum atomic E-state index is 11.7. The molecule has 72 valence electrons. The van der Waals surface area contributed by atoms with Gasteiger partial charge in [-0.15, -0.1) is 11.8 Å². The third kappa shape index (κ3) is 1.62. The van der Waals surface area contributed by atoms with E-state index in [4.69, 9.17) is 5.73 Å². The fourth-order valence-electron chi connectivity index (χ4n) is 2.25. The lowest BCUT2D eigenvalue weighted by atomic mass is 9.72. The molecular weight excluding hydrogens is 182 g/mol. The summed E-state index contributed by atoms with van der Waals surface area (Å²) in [6, 6.07) is 0. The molecule has 0 spiro atoms. The average Bonchev–Trinajstić information content (AvgIpc) is 2.27. The summed E-state index contributed by atoms with van der Waals surface area (Å²) in [7, 11) is 0. The molecule has 0 unspecified atom stereocenters. The van der Waals surface area contributed by atoms with Gasteiger partial charge in [-0.1, -0.05) is 13.8 Å². The molecule has 2 aliphatic rings. The molecule has 2 N–H and O–H groups in total. The topological polar surface area (TPSA) is 43.1 Å². The van der Waals surface area contributed by atoms with Crippen LogP contribution in [0.5, 0.6) is 0 Å². The summed E-state index contributed by atoms with van der Waals surface area (Å²) in [5.74, 6) is 0.479. The normalized spacial score (nSPS) is 37.1. The second-order valence-corrected chi connectivity index (χ2v) is 6.08. The Morgan fingerprint density at radius 3 is 3.00 bits per heavy atom. The van der Waals surface area contributed by atoms with E-state index in [0.717, 1.165) is 11.4 Å². The zero-order valence-electron chi connectivity index (χ0n) is 8.04. The van der Waals surface area contributed by atoms with E-state index >= 15 is 0 Å². The highest BCUT2D eigenvalue weighted by Crippen LogP contribution is 2.47. The van der Waals surface area contributed by atoms with Crippen LogP contribution in [0, 0.1) is 11.3 Å². The van der Waals surface area contributed by atoms with Crippen molar-refractivity contribution in [1.82, 2.24) is 0 Å². The maximum absolute atomic E-state index is 11.7. The molecule has 3 heteroatoms. The minimum atomic E-state index is 0.109. The number of ketones is 1. The van der Waals surface area contributed by atoms with E-state index in [1.165, 1.54) is 0 Å². The molecule has 0 aromatic heterocycles. The summed E-state index contributed by atoms with van der Waals surface area (Å²) in [6.07, 6.45) is 3.75. The van der Waals surface area contributed by atoms with Crippen LogP contribution < -0.4 is 5.73 Å². The second kappa shape index (κ2) is 2.77. The van der Waals surface area contributed by atoms with Gasteiger partial charge in [-0.2, -0.15) is 0 Å². The Kier molecular flexibility index (Phi) is 1.95. The van der Waals surface area contributed by atoms with Crippen LogP contribution in [0.4, 0.5) is 0 Å². The van der Waals surface area contributed by atoms with Crippen LogP contribution in [0.25, 0.3) is 0 Å². The van der Waals surface area contributed by atoms with E-state index in [9.17, 15) is 4.79 Å². The minimum Gasteiger partial charge on any atom is -0.394 e. The number of hydrogen-bond acceptors (Lipinski definition) is 3. The zero-order chi connectivity index (χ0) is 9.64. The van der Waals surface area contributed by atoms with E-state index in [2.05, 4.69) is 13.8 Å². The van der Waals surface area contributed by atoms with Crippen LogP contribution in [0.1, 0.15) is 26.7 Å². The first-order chi connectivity index (χ1) is 5.98. The molecule has 1 aliphatic carbocycles. The fraction of sp³-hybridized carbons (Fsp3) is 0.700. The number of thioether (sulfide) groups is 1. The van der Waals surface area contributed by atoms with E-state index in [1.807, 2.05) is 6.08 Å². The Bertz CT molecular complexity index is 283. The summed E-state index contributed by atoms with van der Waals surface area (Å²) in [6.45, 7) is 4.33. The van der Waals surface area contributed by atoms with Gasteiger partial charge in [0, 0.05) is 11.7 Å². The lowest BCUT2D eigenvalue weighted by molar-refractivity contribution is -0.125. The monoisotopic (exact) mass is 197 g/mol. The Balaban J connectivity index is 2.21. The van der Waals surface area contributed by atoms with Crippen molar-refractivity contribution in [3.05, 3.63) is 11.1 Å². The Labute approximate surface area is 82.9 Å². The number of hydrogen-bond donors (Lipinski definition) is 1. The van der Waals surface area contributed by atoms with Gasteiger partial charge in [0.25, 0.3) is 0 Å². The van der Waals surface area contributed by atoms with Crippen molar-refractivity contribution in [2.24, 2.45) is 17.1 Å². The molecule has 0 amide bonds. The molecule has 0 aromatic rings. The van der Waals surface area contributed by atoms with Gasteiger partial charge >= 0.3 is 0 Å². The van der Waals surface area contributed by atoms with Crippen LogP contribution in [-0.4, -0.2) is 11.0 Å². The van der Waals surface area contributed by atoms with E-state index in [0.29, 0.717) is 17.5 Å². The van der Waals surface area contributed by atoms with Crippen LogP contribution in [0.3, 0.4) is 0 Å². The number of carbonyl (C=O) groups excluding carboxylic acids is 1. The maximum Gasteiger partial charge on any atom is 0.141 e. The lowest BCUT2D eigenvalue weighted by Crippen LogP contribution is -2.36. The van der Waals surface area contributed by atoms with Crippen molar-refractivity contribution in [2.75, 3.05) is 0 Å². The van der Waals surface area contributed by atoms with Crippen molar-refractivity contribution < 1.29 is 4.79 Å². The highest BCUT2D eigenvalue weighted by Gasteiger charge is 2.42. The largest absolute Gasteiger partial charge is 0.394 e. The molecule has 0 radical (unpaired) electrons. The predicted molar refractivity (Wildman–Crippen MR) is 55.2 cm³/mol. The molecule has 0 aromatic carbocycles. The SMILES string of the molecule is CC1(C)CC(=O)[C@@H]2C=C(N)S[C@@H]2C1. The van der Waals surface area contributed by atoms with Crippen molar-refractivity contribution in [1.29, 1.82) is 0 Å². The van der Waals surface area contributed by atoms with Crippen molar-refractivity contribution in [2.45, 2.75) is 31.9 Å². The summed E-state index contributed by atoms with van der Waals surface area (Å²) in [5.41, 5.74) is 5.89. The number of nitrogens with two attached hydrogens (primary N) is 1. The van der Waals surface area contributed by atoms with E-state index < -0.39 is 0 Å². The smallest absolute Gasteiger partial charge is 0.141 e. The molecular formula is C10H15NOS. The molecule has 1 fully saturated rings. The number of carbonyl (C=O) groups is 1. The molecule has 2 nitrogen and oxygen atoms in total. The number of rotatable bonds is 0. The molecule has 13 heavy (non-hydrogen) atoms. The van der Waals surface area contributed by atoms with Crippen molar-refractivity contribution >= 4 is 17.5 Å². The molecule has 0 bridgehead atoms. The predicted octanol–water partition coefficient (Wildman–Crippen LogP) is 1.91. The number of fused-ring (bicyclic) bond motifs is 1. The standard InChI is InChI=1S/C10H15NOS/c1-10(2)4-7(12)6-3-9(11)13-8(6)5-10/h3,6,8H,4-5,11H2,1-2H3/t6-,8+/m0/s1. The van der Waals surface area contributed by atoms with Gasteiger partial charge in [0.2, 0.25) is 0 Å². The Morgan fingerprint density at radius 2 is 2.31 bits per heavy atom. The van der Waals surface area contributed by atoms with E-state index in [1.54, 1.807) is 11.8 Å². The molecule has 2 atom stereocenters. The summed E-state index contributed by atoms with van der Waals surface area (Å²) >= 11 is 1.67. The lowest BCUT2D eigenvalue weighted by Gasteiger charge is -2.35. The molecule has 1 heterocycles. The summed E-state index contributed by atoms with van der Waals surface area (Å²) in [5, 5.41) is 1.25. The van der Waals surface area contributed by atoms with Gasteiger partial charge in [-0.3, -0.25) is 4.79 Å². The van der Waals surface area contributed by atoms with Gasteiger partial charge in [-0.05, 0) is 17.9 Å². The molecule has 1 aliphatic heterocycles. The zero-order valence-corrected chi connectivity index (χ0v) is 8.86. The van der Waals surface area contributed by atoms with E-state index in [-0.39, 0.29) is 11.3 Å². The highest BCUT2D eigenvalue weighted by atomic mass is 32.2. The van der Waals surface area contributed by atoms with Gasteiger partial charge < -0.3 is 5.73 Å². The fourth-order valence-corrected chi connectivity index (χ4v) is 3.73. The summed E-state index contributed by atoms with van der Waals surface area (Å²) < 4.78 is 0. The van der Waals surface area contributed by atoms with Gasteiger partial charge in [0.05, 0.1) is 10.9 Å². The molecule has 1 saturated carbocycles. The molecule has 2 rings (SSSR count). The quantitative estimate of drug-likeness (QED) is 0.645. The first kappa shape index (κ1) is 9.13. The third-order valence-corrected chi connectivity index (χ3v) is 3.98. The van der Waals surface area contributed by atoms with Gasteiger partial charge in [0.15, 0.2) is 0 Å². The first-order valence-electron chi connectivity index (χ1n) is 4.65. The van der Waals surface area contributed by atoms with Crippen LogP contribution >= 0.6 is 11.8 Å². The Morgan fingerprint density at radius 1 is 1.62 bits per heavy atom. The van der Waals surface area contributed by atoms with Crippen LogP contribution in [-0.2, 0) is 4.79 Å². The van der Waals surface area contributed by atoms with Crippen LogP contribution in [0.15, 0.2) is 11.1 Å². The third-order valence-electron chi connectivity index (χ3n) is 2.81. The second-order valence-electron chi connectivity index (χ2n) is 4.76.